The molecule has 5 heteroatoms. The number of rotatable bonds is 6. The largest absolute Gasteiger partial charge is 0.505 e. The van der Waals surface area contributed by atoms with Gasteiger partial charge in [0.2, 0.25) is 5.91 Å². The predicted molar refractivity (Wildman–Crippen MR) is 88.7 cm³/mol. The Balaban J connectivity index is 1.79. The Kier molecular flexibility index (Phi) is 6.39. The number of amides is 1. The molecule has 23 heavy (non-hydrogen) atoms. The zero-order valence-electron chi connectivity index (χ0n) is 14.0. The van der Waals surface area contributed by atoms with Gasteiger partial charge in [0.1, 0.15) is 0 Å². The van der Waals surface area contributed by atoms with Crippen molar-refractivity contribution in [3.63, 3.8) is 0 Å². The van der Waals surface area contributed by atoms with Crippen LogP contribution in [0.25, 0.3) is 0 Å². The van der Waals surface area contributed by atoms with Gasteiger partial charge in [-0.25, -0.2) is 4.39 Å². The summed E-state index contributed by atoms with van der Waals surface area (Å²) in [5, 5.41) is 12.1. The van der Waals surface area contributed by atoms with E-state index in [0.717, 1.165) is 32.5 Å². The first-order chi connectivity index (χ1) is 11.0. The Hall–Kier alpha value is -1.62. The van der Waals surface area contributed by atoms with Gasteiger partial charge in [-0.3, -0.25) is 4.79 Å². The van der Waals surface area contributed by atoms with Gasteiger partial charge < -0.3 is 15.3 Å². The van der Waals surface area contributed by atoms with Crippen LogP contribution in [0.15, 0.2) is 18.2 Å². The van der Waals surface area contributed by atoms with Crippen LogP contribution >= 0.6 is 0 Å². The molecule has 0 aliphatic carbocycles. The molecule has 1 saturated heterocycles. The van der Waals surface area contributed by atoms with E-state index in [1.54, 1.807) is 6.07 Å². The number of benzene rings is 1. The van der Waals surface area contributed by atoms with E-state index in [1.165, 1.54) is 18.6 Å². The van der Waals surface area contributed by atoms with Crippen molar-refractivity contribution in [2.75, 3.05) is 19.6 Å². The van der Waals surface area contributed by atoms with Crippen LogP contribution in [0.5, 0.6) is 5.75 Å². The van der Waals surface area contributed by atoms with Gasteiger partial charge in [-0.2, -0.15) is 0 Å². The van der Waals surface area contributed by atoms with Crippen molar-refractivity contribution < 1.29 is 14.3 Å². The molecule has 1 aliphatic heterocycles. The van der Waals surface area contributed by atoms with Crippen LogP contribution in [0, 0.1) is 11.7 Å². The van der Waals surface area contributed by atoms with E-state index < -0.39 is 5.82 Å². The van der Waals surface area contributed by atoms with Gasteiger partial charge in [0.25, 0.3) is 0 Å². The van der Waals surface area contributed by atoms with Gasteiger partial charge >= 0.3 is 0 Å². The number of carbonyl (C=O) groups is 1. The Bertz CT molecular complexity index is 528. The summed E-state index contributed by atoms with van der Waals surface area (Å²) in [6.07, 6.45) is 3.84. The number of aromatic hydroxyl groups is 1. The van der Waals surface area contributed by atoms with E-state index in [2.05, 4.69) is 17.1 Å². The fraction of sp³-hybridized carbons (Fsp3) is 0.611. The molecule has 1 fully saturated rings. The molecule has 0 bridgehead atoms. The number of nitrogens with zero attached hydrogens (tertiary/aromatic N) is 1. The second kappa shape index (κ2) is 8.29. The lowest BCUT2D eigenvalue weighted by atomic mass is 9.93. The standard InChI is InChI=1S/C18H27FN2O2/c1-3-8-21-9-6-14(7-10-21)11-18(23)20-13(2)15-4-5-17(22)16(19)12-15/h4-5,12-14,22H,3,6-11H2,1-2H3,(H,20,23). The molecule has 1 heterocycles. The van der Waals surface area contributed by atoms with E-state index in [-0.39, 0.29) is 17.7 Å². The van der Waals surface area contributed by atoms with Crippen LogP contribution in [0.2, 0.25) is 0 Å². The molecule has 1 unspecified atom stereocenters. The monoisotopic (exact) mass is 322 g/mol. The quantitative estimate of drug-likeness (QED) is 0.845. The molecule has 1 atom stereocenters. The fourth-order valence-corrected chi connectivity index (χ4v) is 3.17. The van der Waals surface area contributed by atoms with E-state index >= 15 is 0 Å². The van der Waals surface area contributed by atoms with Crippen LogP contribution in [-0.4, -0.2) is 35.5 Å². The van der Waals surface area contributed by atoms with Crippen molar-refractivity contribution in [3.8, 4) is 5.75 Å². The molecule has 0 radical (unpaired) electrons. The third-order valence-corrected chi connectivity index (χ3v) is 4.57. The first-order valence-corrected chi connectivity index (χ1v) is 8.49. The van der Waals surface area contributed by atoms with Crippen LogP contribution in [0.3, 0.4) is 0 Å². The van der Waals surface area contributed by atoms with Crippen molar-refractivity contribution in [1.29, 1.82) is 0 Å². The van der Waals surface area contributed by atoms with Gasteiger partial charge in [0, 0.05) is 6.42 Å². The van der Waals surface area contributed by atoms with Crippen LogP contribution in [0.1, 0.15) is 51.1 Å². The average Bonchev–Trinajstić information content (AvgIpc) is 2.52. The number of carbonyl (C=O) groups excluding carboxylic acids is 1. The van der Waals surface area contributed by atoms with Crippen LogP contribution in [-0.2, 0) is 4.79 Å². The van der Waals surface area contributed by atoms with E-state index in [0.29, 0.717) is 17.9 Å². The Morgan fingerprint density at radius 3 is 2.74 bits per heavy atom. The zero-order chi connectivity index (χ0) is 16.8. The van der Waals surface area contributed by atoms with Crippen molar-refractivity contribution in [3.05, 3.63) is 29.6 Å². The van der Waals surface area contributed by atoms with Gasteiger partial charge in [-0.05, 0) is 69.4 Å². The molecular formula is C18H27FN2O2. The van der Waals surface area contributed by atoms with Gasteiger partial charge in [0.15, 0.2) is 11.6 Å². The molecule has 2 N–H and O–H groups in total. The summed E-state index contributed by atoms with van der Waals surface area (Å²) < 4.78 is 13.4. The smallest absolute Gasteiger partial charge is 0.220 e. The third kappa shape index (κ3) is 5.20. The molecule has 2 rings (SSSR count). The lowest BCUT2D eigenvalue weighted by Gasteiger charge is -2.31. The third-order valence-electron chi connectivity index (χ3n) is 4.57. The molecule has 1 aromatic rings. The number of piperidine rings is 1. The zero-order valence-corrected chi connectivity index (χ0v) is 14.0. The summed E-state index contributed by atoms with van der Waals surface area (Å²) >= 11 is 0. The number of phenolic OH excluding ortho intramolecular Hbond substituents is 1. The normalized spacial score (nSPS) is 17.9. The minimum atomic E-state index is -0.660. The molecule has 0 saturated carbocycles. The van der Waals surface area contributed by atoms with E-state index in [1.807, 2.05) is 6.92 Å². The molecule has 128 valence electrons. The SMILES string of the molecule is CCCN1CCC(CC(=O)NC(C)c2ccc(O)c(F)c2)CC1. The second-order valence-corrected chi connectivity index (χ2v) is 6.49. The summed E-state index contributed by atoms with van der Waals surface area (Å²) in [4.78, 5) is 14.6. The highest BCUT2D eigenvalue weighted by molar-refractivity contribution is 5.76. The number of halogens is 1. The highest BCUT2D eigenvalue weighted by atomic mass is 19.1. The molecular weight excluding hydrogens is 295 g/mol. The van der Waals surface area contributed by atoms with Crippen LogP contribution in [0.4, 0.5) is 4.39 Å². The fourth-order valence-electron chi connectivity index (χ4n) is 3.17. The van der Waals surface area contributed by atoms with Gasteiger partial charge in [-0.1, -0.05) is 13.0 Å². The first kappa shape index (κ1) is 17.7. The number of nitrogens with one attached hydrogen (secondary N) is 1. The average molecular weight is 322 g/mol. The highest BCUT2D eigenvalue weighted by Gasteiger charge is 2.22. The maximum atomic E-state index is 13.4. The number of phenols is 1. The topological polar surface area (TPSA) is 52.6 Å². The number of hydrogen-bond donors (Lipinski definition) is 2. The molecule has 0 aromatic heterocycles. The summed E-state index contributed by atoms with van der Waals surface area (Å²) in [7, 11) is 0. The maximum absolute atomic E-state index is 13.4. The summed E-state index contributed by atoms with van der Waals surface area (Å²) in [5.41, 5.74) is 0.659. The molecule has 0 spiro atoms. The lowest BCUT2D eigenvalue weighted by Crippen LogP contribution is -2.36. The van der Waals surface area contributed by atoms with Gasteiger partial charge in [-0.15, -0.1) is 0 Å². The van der Waals surface area contributed by atoms with Crippen molar-refractivity contribution in [2.45, 2.75) is 45.6 Å². The Morgan fingerprint density at radius 1 is 1.43 bits per heavy atom. The Morgan fingerprint density at radius 2 is 2.13 bits per heavy atom. The van der Waals surface area contributed by atoms with E-state index in [9.17, 15) is 14.3 Å². The van der Waals surface area contributed by atoms with Crippen molar-refractivity contribution in [1.82, 2.24) is 10.2 Å². The molecule has 1 aromatic carbocycles. The number of likely N-dealkylation sites (tertiary alicyclic amines) is 1. The maximum Gasteiger partial charge on any atom is 0.220 e. The minimum Gasteiger partial charge on any atom is -0.505 e. The molecule has 1 amide bonds. The Labute approximate surface area is 137 Å². The van der Waals surface area contributed by atoms with Crippen LogP contribution < -0.4 is 5.32 Å². The molecule has 1 aliphatic rings. The number of hydrogen-bond acceptors (Lipinski definition) is 3. The summed E-state index contributed by atoms with van der Waals surface area (Å²) in [6, 6.07) is 3.95. The van der Waals surface area contributed by atoms with Crippen molar-refractivity contribution >= 4 is 5.91 Å². The molecule has 4 nitrogen and oxygen atoms in total. The minimum absolute atomic E-state index is 0.0138. The van der Waals surface area contributed by atoms with Crippen molar-refractivity contribution in [2.24, 2.45) is 5.92 Å². The summed E-state index contributed by atoms with van der Waals surface area (Å²) in [6.45, 7) is 7.30. The van der Waals surface area contributed by atoms with E-state index in [4.69, 9.17) is 0 Å². The summed E-state index contributed by atoms with van der Waals surface area (Å²) in [5.74, 6) is -0.579. The first-order valence-electron chi connectivity index (χ1n) is 8.49. The van der Waals surface area contributed by atoms with Gasteiger partial charge in [0.05, 0.1) is 6.04 Å². The second-order valence-electron chi connectivity index (χ2n) is 6.49. The lowest BCUT2D eigenvalue weighted by molar-refractivity contribution is -0.123. The predicted octanol–water partition coefficient (Wildman–Crippen LogP) is 3.22. The highest BCUT2D eigenvalue weighted by Crippen LogP contribution is 2.23.